The van der Waals surface area contributed by atoms with E-state index in [0.717, 1.165) is 5.56 Å². The van der Waals surface area contributed by atoms with Gasteiger partial charge < -0.3 is 10.2 Å². The van der Waals surface area contributed by atoms with Gasteiger partial charge in [-0.25, -0.2) is 4.79 Å². The monoisotopic (exact) mass is 256 g/mol. The van der Waals surface area contributed by atoms with Crippen LogP contribution in [0.2, 0.25) is 0 Å². The maximum absolute atomic E-state index is 11.8. The van der Waals surface area contributed by atoms with Gasteiger partial charge in [-0.1, -0.05) is 36.4 Å². The highest BCUT2D eigenvalue weighted by molar-refractivity contribution is 5.83. The number of fused-ring (bicyclic) bond motifs is 1. The van der Waals surface area contributed by atoms with Crippen molar-refractivity contribution in [1.29, 1.82) is 0 Å². The van der Waals surface area contributed by atoms with Crippen LogP contribution in [0, 0.1) is 0 Å². The molecule has 2 aromatic carbocycles. The average Bonchev–Trinajstić information content (AvgIpc) is 2.37. The highest BCUT2D eigenvalue weighted by Gasteiger charge is 2.09. The van der Waals surface area contributed by atoms with Crippen molar-refractivity contribution in [2.24, 2.45) is 0 Å². The SMILES string of the molecule is CC(C)NC(=O)N(C)Cc1ccc2ccccc2c1. The molecule has 0 unspecified atom stereocenters. The largest absolute Gasteiger partial charge is 0.336 e. The summed E-state index contributed by atoms with van der Waals surface area (Å²) < 4.78 is 0. The van der Waals surface area contributed by atoms with Crippen LogP contribution in [0.5, 0.6) is 0 Å². The van der Waals surface area contributed by atoms with Crippen LogP contribution in [0.3, 0.4) is 0 Å². The number of hydrogen-bond acceptors (Lipinski definition) is 1. The predicted molar refractivity (Wildman–Crippen MR) is 79.1 cm³/mol. The molecule has 0 saturated heterocycles. The Kier molecular flexibility index (Phi) is 4.05. The van der Waals surface area contributed by atoms with E-state index in [1.54, 1.807) is 4.90 Å². The Morgan fingerprint density at radius 3 is 2.53 bits per heavy atom. The third-order valence-electron chi connectivity index (χ3n) is 2.99. The van der Waals surface area contributed by atoms with Gasteiger partial charge in [0.15, 0.2) is 0 Å². The Labute approximate surface area is 114 Å². The standard InChI is InChI=1S/C16H20N2O/c1-12(2)17-16(19)18(3)11-13-8-9-14-6-4-5-7-15(14)10-13/h4-10,12H,11H2,1-3H3,(H,17,19). The summed E-state index contributed by atoms with van der Waals surface area (Å²) in [5, 5.41) is 5.32. The Bertz CT molecular complexity index is 578. The van der Waals surface area contributed by atoms with E-state index in [1.807, 2.05) is 33.0 Å². The topological polar surface area (TPSA) is 32.3 Å². The third-order valence-corrected chi connectivity index (χ3v) is 2.99. The van der Waals surface area contributed by atoms with E-state index in [4.69, 9.17) is 0 Å². The second-order valence-corrected chi connectivity index (χ2v) is 5.14. The average molecular weight is 256 g/mol. The van der Waals surface area contributed by atoms with E-state index in [1.165, 1.54) is 10.8 Å². The number of rotatable bonds is 3. The van der Waals surface area contributed by atoms with Gasteiger partial charge in [0, 0.05) is 19.6 Å². The van der Waals surface area contributed by atoms with Gasteiger partial charge in [-0.3, -0.25) is 0 Å². The Morgan fingerprint density at radius 1 is 1.16 bits per heavy atom. The fraction of sp³-hybridized carbons (Fsp3) is 0.312. The highest BCUT2D eigenvalue weighted by atomic mass is 16.2. The molecule has 2 rings (SSSR count). The molecule has 0 aliphatic carbocycles. The molecule has 0 aliphatic rings. The van der Waals surface area contributed by atoms with Gasteiger partial charge in [0.25, 0.3) is 0 Å². The number of hydrogen-bond donors (Lipinski definition) is 1. The van der Waals surface area contributed by atoms with Gasteiger partial charge in [-0.2, -0.15) is 0 Å². The molecule has 0 bridgehead atoms. The molecule has 0 heterocycles. The van der Waals surface area contributed by atoms with Crippen molar-refractivity contribution in [2.45, 2.75) is 26.4 Å². The van der Waals surface area contributed by atoms with Gasteiger partial charge in [0.05, 0.1) is 0 Å². The van der Waals surface area contributed by atoms with Gasteiger partial charge in [0.1, 0.15) is 0 Å². The lowest BCUT2D eigenvalue weighted by atomic mass is 10.1. The van der Waals surface area contributed by atoms with Gasteiger partial charge in [-0.05, 0) is 36.2 Å². The van der Waals surface area contributed by atoms with Crippen LogP contribution in [-0.2, 0) is 6.54 Å². The zero-order chi connectivity index (χ0) is 13.8. The lowest BCUT2D eigenvalue weighted by Crippen LogP contribution is -2.40. The zero-order valence-electron chi connectivity index (χ0n) is 11.7. The minimum atomic E-state index is -0.0387. The van der Waals surface area contributed by atoms with Crippen LogP contribution in [0.1, 0.15) is 19.4 Å². The minimum absolute atomic E-state index is 0.0387. The molecule has 1 N–H and O–H groups in total. The first-order valence-corrected chi connectivity index (χ1v) is 6.55. The van der Waals surface area contributed by atoms with E-state index in [-0.39, 0.29) is 12.1 Å². The number of carbonyl (C=O) groups is 1. The summed E-state index contributed by atoms with van der Waals surface area (Å²) in [5.74, 6) is 0. The third kappa shape index (κ3) is 3.47. The summed E-state index contributed by atoms with van der Waals surface area (Å²) in [6.45, 7) is 4.53. The van der Waals surface area contributed by atoms with Crippen molar-refractivity contribution in [3.63, 3.8) is 0 Å². The molecule has 0 radical (unpaired) electrons. The fourth-order valence-corrected chi connectivity index (χ4v) is 2.04. The van der Waals surface area contributed by atoms with E-state index in [2.05, 4.69) is 35.6 Å². The van der Waals surface area contributed by atoms with Gasteiger partial charge in [0.2, 0.25) is 0 Å². The molecule has 3 nitrogen and oxygen atoms in total. The van der Waals surface area contributed by atoms with Crippen molar-refractivity contribution in [1.82, 2.24) is 10.2 Å². The quantitative estimate of drug-likeness (QED) is 0.897. The second kappa shape index (κ2) is 5.74. The molecule has 19 heavy (non-hydrogen) atoms. The van der Waals surface area contributed by atoms with E-state index < -0.39 is 0 Å². The summed E-state index contributed by atoms with van der Waals surface area (Å²) >= 11 is 0. The Morgan fingerprint density at radius 2 is 1.84 bits per heavy atom. The van der Waals surface area contributed by atoms with Crippen LogP contribution in [0.25, 0.3) is 10.8 Å². The van der Waals surface area contributed by atoms with Crippen molar-refractivity contribution >= 4 is 16.8 Å². The molecule has 3 heteroatoms. The molecule has 0 aliphatic heterocycles. The normalized spacial score (nSPS) is 10.7. The first-order valence-electron chi connectivity index (χ1n) is 6.55. The summed E-state index contributed by atoms with van der Waals surface area (Å²) in [5.41, 5.74) is 1.14. The first kappa shape index (κ1) is 13.4. The number of carbonyl (C=O) groups excluding carboxylic acids is 1. The lowest BCUT2D eigenvalue weighted by molar-refractivity contribution is 0.204. The van der Waals surface area contributed by atoms with Gasteiger partial charge in [-0.15, -0.1) is 0 Å². The predicted octanol–water partition coefficient (Wildman–Crippen LogP) is 3.39. The molecule has 0 fully saturated rings. The molecular weight excluding hydrogens is 236 g/mol. The summed E-state index contributed by atoms with van der Waals surface area (Å²) in [6, 6.07) is 14.7. The number of amides is 2. The van der Waals surface area contributed by atoms with Crippen molar-refractivity contribution in [3.05, 3.63) is 48.0 Å². The molecule has 0 saturated carbocycles. The summed E-state index contributed by atoms with van der Waals surface area (Å²) in [6.07, 6.45) is 0. The van der Waals surface area contributed by atoms with Crippen LogP contribution < -0.4 is 5.32 Å². The van der Waals surface area contributed by atoms with Gasteiger partial charge >= 0.3 is 6.03 Å². The van der Waals surface area contributed by atoms with E-state index in [0.29, 0.717) is 6.54 Å². The summed E-state index contributed by atoms with van der Waals surface area (Å²) in [7, 11) is 1.81. The zero-order valence-corrected chi connectivity index (χ0v) is 11.7. The van der Waals surface area contributed by atoms with Crippen LogP contribution in [-0.4, -0.2) is 24.0 Å². The lowest BCUT2D eigenvalue weighted by Gasteiger charge is -2.20. The number of urea groups is 1. The Balaban J connectivity index is 2.10. The van der Waals surface area contributed by atoms with Crippen LogP contribution in [0.4, 0.5) is 4.79 Å². The maximum atomic E-state index is 11.8. The molecule has 0 spiro atoms. The number of benzene rings is 2. The fourth-order valence-electron chi connectivity index (χ4n) is 2.04. The molecule has 100 valence electrons. The van der Waals surface area contributed by atoms with Crippen LogP contribution in [0.15, 0.2) is 42.5 Å². The Hall–Kier alpha value is -2.03. The van der Waals surface area contributed by atoms with Crippen molar-refractivity contribution in [3.8, 4) is 0 Å². The molecule has 0 aromatic heterocycles. The van der Waals surface area contributed by atoms with E-state index >= 15 is 0 Å². The summed E-state index contributed by atoms with van der Waals surface area (Å²) in [4.78, 5) is 13.5. The molecular formula is C16H20N2O. The minimum Gasteiger partial charge on any atom is -0.336 e. The first-order chi connectivity index (χ1) is 9.06. The van der Waals surface area contributed by atoms with Crippen molar-refractivity contribution in [2.75, 3.05) is 7.05 Å². The maximum Gasteiger partial charge on any atom is 0.317 e. The second-order valence-electron chi connectivity index (χ2n) is 5.14. The number of nitrogens with one attached hydrogen (secondary N) is 1. The van der Waals surface area contributed by atoms with E-state index in [9.17, 15) is 4.79 Å². The molecule has 2 aromatic rings. The molecule has 2 amide bonds. The smallest absolute Gasteiger partial charge is 0.317 e. The van der Waals surface area contributed by atoms with Crippen LogP contribution >= 0.6 is 0 Å². The molecule has 0 atom stereocenters. The van der Waals surface area contributed by atoms with Crippen molar-refractivity contribution < 1.29 is 4.79 Å². The highest BCUT2D eigenvalue weighted by Crippen LogP contribution is 2.16. The number of nitrogens with zero attached hydrogens (tertiary/aromatic N) is 1.